The molecule has 0 aliphatic carbocycles. The van der Waals surface area contributed by atoms with Crippen LogP contribution in [0, 0.1) is 12.8 Å². The van der Waals surface area contributed by atoms with Crippen molar-refractivity contribution in [1.29, 1.82) is 0 Å². The largest absolute Gasteiger partial charge is 0.493 e. The maximum absolute atomic E-state index is 13.2. The zero-order valence-corrected chi connectivity index (χ0v) is 28.7. The van der Waals surface area contributed by atoms with E-state index in [2.05, 4.69) is 10.3 Å². The summed E-state index contributed by atoms with van der Waals surface area (Å²) in [6.07, 6.45) is 4.34. The number of hydrogen-bond acceptors (Lipinski definition) is 8. The summed E-state index contributed by atoms with van der Waals surface area (Å²) in [6.45, 7) is 9.08. The molecule has 2 aromatic carbocycles. The Morgan fingerprint density at radius 1 is 1.06 bits per heavy atom. The second-order valence-corrected chi connectivity index (χ2v) is 13.2. The van der Waals surface area contributed by atoms with Crippen LogP contribution >= 0.6 is 0 Å². The lowest BCUT2D eigenvalue weighted by Gasteiger charge is -2.31. The second-order valence-electron chi connectivity index (χ2n) is 11.3. The Bertz CT molecular complexity index is 1660. The second kappa shape index (κ2) is 18.2. The molecular formula is C35H45N3O9S. The lowest BCUT2D eigenvalue weighted by Crippen LogP contribution is -2.38. The number of aldehydes is 1. The number of carboxylic acids is 1. The van der Waals surface area contributed by atoms with Crippen LogP contribution in [0.2, 0.25) is 0 Å². The molecule has 48 heavy (non-hydrogen) atoms. The van der Waals surface area contributed by atoms with Gasteiger partial charge in [0.1, 0.15) is 11.4 Å². The minimum atomic E-state index is -3.75. The molecule has 1 aliphatic heterocycles. The smallest absolute Gasteiger partial charge is 0.352 e. The Hall–Kier alpha value is -4.49. The Morgan fingerprint density at radius 3 is 2.33 bits per heavy atom. The van der Waals surface area contributed by atoms with Gasteiger partial charge >= 0.3 is 11.9 Å². The molecule has 1 fully saturated rings. The molecule has 1 aliphatic rings. The van der Waals surface area contributed by atoms with E-state index in [1.165, 1.54) is 22.5 Å². The van der Waals surface area contributed by atoms with Gasteiger partial charge in [-0.05, 0) is 88.3 Å². The van der Waals surface area contributed by atoms with Gasteiger partial charge in [0.15, 0.2) is 6.29 Å². The van der Waals surface area contributed by atoms with E-state index in [0.717, 1.165) is 12.1 Å². The molecule has 3 aromatic rings. The predicted octanol–water partition coefficient (Wildman–Crippen LogP) is 5.27. The summed E-state index contributed by atoms with van der Waals surface area (Å²) < 4.78 is 38.8. The van der Waals surface area contributed by atoms with Crippen molar-refractivity contribution in [3.8, 4) is 5.75 Å². The van der Waals surface area contributed by atoms with Crippen molar-refractivity contribution in [3.05, 3.63) is 82.2 Å². The molecule has 4 rings (SSSR count). The highest BCUT2D eigenvalue weighted by Gasteiger charge is 2.30. The number of aromatic amines is 1. The number of piperidine rings is 1. The summed E-state index contributed by atoms with van der Waals surface area (Å²) in [5.74, 6) is -1.10. The number of ether oxygens (including phenoxy) is 2. The van der Waals surface area contributed by atoms with Crippen molar-refractivity contribution in [3.63, 3.8) is 0 Å². The van der Waals surface area contributed by atoms with E-state index in [4.69, 9.17) is 14.6 Å². The number of aromatic carboxylic acids is 1. The van der Waals surface area contributed by atoms with E-state index in [9.17, 15) is 27.6 Å². The van der Waals surface area contributed by atoms with Crippen molar-refractivity contribution in [1.82, 2.24) is 14.6 Å². The molecule has 1 amide bonds. The number of nitrogens with one attached hydrogen (secondary N) is 2. The number of amides is 1. The Kier molecular flexibility index (Phi) is 14.4. The molecule has 1 saturated heterocycles. The molecule has 0 saturated carbocycles. The summed E-state index contributed by atoms with van der Waals surface area (Å²) in [5.41, 5.74) is 2.58. The molecule has 12 nitrogen and oxygen atoms in total. The summed E-state index contributed by atoms with van der Waals surface area (Å²) in [5, 5.41) is 11.5. The number of nitrogens with zero attached hydrogens (tertiary/aromatic N) is 1. The van der Waals surface area contributed by atoms with Crippen molar-refractivity contribution in [2.75, 3.05) is 32.8 Å². The average molecular weight is 684 g/mol. The highest BCUT2D eigenvalue weighted by Crippen LogP contribution is 2.29. The zero-order valence-electron chi connectivity index (χ0n) is 27.9. The van der Waals surface area contributed by atoms with Gasteiger partial charge in [-0.2, -0.15) is 4.31 Å². The highest BCUT2D eigenvalue weighted by molar-refractivity contribution is 7.89. The van der Waals surface area contributed by atoms with E-state index in [1.807, 2.05) is 13.0 Å². The molecule has 2 heterocycles. The minimum absolute atomic E-state index is 0.0763. The quantitative estimate of drug-likeness (QED) is 0.151. The summed E-state index contributed by atoms with van der Waals surface area (Å²) in [4.78, 5) is 48.9. The number of sulfonamides is 1. The van der Waals surface area contributed by atoms with Crippen molar-refractivity contribution >= 4 is 34.2 Å². The first-order valence-electron chi connectivity index (χ1n) is 16.2. The molecule has 0 atom stereocenters. The van der Waals surface area contributed by atoms with Gasteiger partial charge in [-0.1, -0.05) is 31.5 Å². The van der Waals surface area contributed by atoms with Gasteiger partial charge in [0, 0.05) is 30.9 Å². The van der Waals surface area contributed by atoms with Crippen LogP contribution in [-0.4, -0.2) is 79.8 Å². The van der Waals surface area contributed by atoms with E-state index in [0.29, 0.717) is 87.3 Å². The zero-order chi connectivity index (χ0) is 35.3. The number of esters is 1. The Labute approximate surface area is 281 Å². The van der Waals surface area contributed by atoms with Crippen LogP contribution in [-0.2, 0) is 21.2 Å². The summed E-state index contributed by atoms with van der Waals surface area (Å²) in [6, 6.07) is 13.3. The molecule has 0 spiro atoms. The number of aryl methyl sites for hydroxylation is 1. The lowest BCUT2D eigenvalue weighted by molar-refractivity contribution is 0.0471. The monoisotopic (exact) mass is 683 g/mol. The number of aromatic nitrogens is 1. The van der Waals surface area contributed by atoms with E-state index in [-0.39, 0.29) is 33.9 Å². The van der Waals surface area contributed by atoms with Gasteiger partial charge < -0.3 is 24.9 Å². The highest BCUT2D eigenvalue weighted by atomic mass is 32.2. The van der Waals surface area contributed by atoms with Crippen LogP contribution in [0.1, 0.15) is 99.3 Å². The third kappa shape index (κ3) is 9.77. The van der Waals surface area contributed by atoms with Crippen molar-refractivity contribution < 1.29 is 42.2 Å². The molecule has 0 bridgehead atoms. The molecule has 1 aromatic heterocycles. The number of carboxylic acid groups (broad SMARTS) is 1. The average Bonchev–Trinajstić information content (AvgIpc) is 3.40. The van der Waals surface area contributed by atoms with Gasteiger partial charge in [-0.3, -0.25) is 9.59 Å². The standard InChI is InChI=1S/C25H32N2O6S.C10H13NO3/c1-3-26-24(28)22-18-21(10-11-23(22)32-4-2)34(30,31)27-15-12-19(13-16-27)14-17-33-25(29)20-8-6-5-7-9-20;1-3-4-8-7(5-12)6(2)9(11-8)10(13)14/h5-11,18-19H,3-4,12-17H2,1-2H3,(H,26,28);5,11H,3-4H2,1-2H3,(H,13,14). The van der Waals surface area contributed by atoms with E-state index >= 15 is 0 Å². The Balaban J connectivity index is 0.000000373. The van der Waals surface area contributed by atoms with E-state index < -0.39 is 16.0 Å². The lowest BCUT2D eigenvalue weighted by atomic mass is 9.95. The van der Waals surface area contributed by atoms with Gasteiger partial charge in [-0.25, -0.2) is 18.0 Å². The number of carbonyl (C=O) groups excluding carboxylic acids is 3. The molecule has 0 unspecified atom stereocenters. The van der Waals surface area contributed by atoms with E-state index in [1.54, 1.807) is 45.0 Å². The summed E-state index contributed by atoms with van der Waals surface area (Å²) in [7, 11) is -3.75. The van der Waals surface area contributed by atoms with Crippen LogP contribution < -0.4 is 10.1 Å². The first kappa shape index (κ1) is 38.0. The van der Waals surface area contributed by atoms with Crippen LogP contribution in [0.15, 0.2) is 53.4 Å². The predicted molar refractivity (Wildman–Crippen MR) is 180 cm³/mol. The first-order valence-corrected chi connectivity index (χ1v) is 17.6. The number of benzene rings is 2. The number of carbonyl (C=O) groups is 4. The molecule has 3 N–H and O–H groups in total. The number of H-pyrrole nitrogens is 1. The van der Waals surface area contributed by atoms with Gasteiger partial charge in [0.25, 0.3) is 5.91 Å². The fourth-order valence-electron chi connectivity index (χ4n) is 5.44. The molecule has 0 radical (unpaired) electrons. The van der Waals surface area contributed by atoms with Crippen LogP contribution in [0.25, 0.3) is 0 Å². The minimum Gasteiger partial charge on any atom is -0.493 e. The Morgan fingerprint density at radius 2 is 1.75 bits per heavy atom. The van der Waals surface area contributed by atoms with Crippen LogP contribution in [0.4, 0.5) is 0 Å². The number of hydrogen-bond donors (Lipinski definition) is 3. The summed E-state index contributed by atoms with van der Waals surface area (Å²) >= 11 is 0. The molecular weight excluding hydrogens is 638 g/mol. The normalized spacial score (nSPS) is 13.6. The third-order valence-corrected chi connectivity index (χ3v) is 9.92. The van der Waals surface area contributed by atoms with Crippen LogP contribution in [0.3, 0.4) is 0 Å². The maximum Gasteiger partial charge on any atom is 0.352 e. The topological polar surface area (TPSA) is 172 Å². The van der Waals surface area contributed by atoms with Gasteiger partial charge in [0.05, 0.1) is 29.2 Å². The molecule has 260 valence electrons. The SMILES string of the molecule is CCCc1[nH]c(C(=O)O)c(C)c1C=O.CCNC(=O)c1cc(S(=O)(=O)N2CCC(CCOC(=O)c3ccccc3)CC2)ccc1OCC. The van der Waals surface area contributed by atoms with Crippen molar-refractivity contribution in [2.24, 2.45) is 5.92 Å². The molecule has 13 heteroatoms. The maximum atomic E-state index is 13.2. The fourth-order valence-corrected chi connectivity index (χ4v) is 6.94. The fraction of sp³-hybridized carbons (Fsp3) is 0.429. The number of rotatable bonds is 14. The van der Waals surface area contributed by atoms with Crippen LogP contribution in [0.5, 0.6) is 5.75 Å². The van der Waals surface area contributed by atoms with Gasteiger partial charge in [0.2, 0.25) is 10.0 Å². The third-order valence-electron chi connectivity index (χ3n) is 8.02. The van der Waals surface area contributed by atoms with Gasteiger partial charge in [-0.15, -0.1) is 0 Å². The first-order chi connectivity index (χ1) is 23.0. The van der Waals surface area contributed by atoms with Crippen molar-refractivity contribution in [2.45, 2.75) is 64.7 Å².